The van der Waals surface area contributed by atoms with Crippen LogP contribution in [0.3, 0.4) is 0 Å². The van der Waals surface area contributed by atoms with Crippen LogP contribution in [0.15, 0.2) is 49.1 Å². The van der Waals surface area contributed by atoms with Gasteiger partial charge in [0.2, 0.25) is 5.78 Å². The number of ether oxygens (including phenoxy) is 1. The van der Waals surface area contributed by atoms with Gasteiger partial charge < -0.3 is 9.30 Å². The topological polar surface area (TPSA) is 72.1 Å². The summed E-state index contributed by atoms with van der Waals surface area (Å²) >= 11 is 0. The summed E-state index contributed by atoms with van der Waals surface area (Å²) in [4.78, 5) is 24.1. The fraction of sp³-hybridized carbons (Fsp3) is 0.190. The number of nitriles is 1. The van der Waals surface area contributed by atoms with Crippen molar-refractivity contribution in [2.24, 2.45) is 0 Å². The minimum atomic E-state index is -0.595. The molecule has 26 heavy (non-hydrogen) atoms. The molecule has 0 radical (unpaired) electrons. The highest BCUT2D eigenvalue weighted by atomic mass is 16.5. The van der Waals surface area contributed by atoms with Gasteiger partial charge >= 0.3 is 5.97 Å². The van der Waals surface area contributed by atoms with Gasteiger partial charge in [0, 0.05) is 29.6 Å². The Balaban J connectivity index is 1.95. The van der Waals surface area contributed by atoms with Crippen molar-refractivity contribution in [3.05, 3.63) is 77.1 Å². The van der Waals surface area contributed by atoms with E-state index in [-0.39, 0.29) is 12.4 Å². The van der Waals surface area contributed by atoms with E-state index in [1.165, 1.54) is 6.08 Å². The number of aryl methyl sites for hydroxylation is 1. The van der Waals surface area contributed by atoms with Gasteiger partial charge in [-0.3, -0.25) is 4.79 Å². The average Bonchev–Trinajstić information content (AvgIpc) is 2.93. The maximum atomic E-state index is 12.3. The molecule has 1 heterocycles. The quantitative estimate of drug-likeness (QED) is 0.332. The number of carbonyl (C=O) groups is 2. The van der Waals surface area contributed by atoms with Crippen LogP contribution in [0.2, 0.25) is 0 Å². The van der Waals surface area contributed by atoms with Crippen LogP contribution in [-0.4, -0.2) is 22.9 Å². The second kappa shape index (κ2) is 8.63. The molecule has 0 fully saturated rings. The van der Waals surface area contributed by atoms with Crippen molar-refractivity contribution in [3.8, 4) is 6.07 Å². The van der Waals surface area contributed by atoms with Gasteiger partial charge in [-0.1, -0.05) is 18.2 Å². The van der Waals surface area contributed by atoms with E-state index in [4.69, 9.17) is 10.00 Å². The van der Waals surface area contributed by atoms with Crippen molar-refractivity contribution in [2.45, 2.75) is 20.4 Å². The zero-order valence-corrected chi connectivity index (χ0v) is 14.9. The van der Waals surface area contributed by atoms with Gasteiger partial charge in [0.05, 0.1) is 11.6 Å². The molecule has 0 aliphatic heterocycles. The van der Waals surface area contributed by atoms with Crippen molar-refractivity contribution >= 4 is 17.8 Å². The van der Waals surface area contributed by atoms with Crippen LogP contribution in [0, 0.1) is 25.2 Å². The summed E-state index contributed by atoms with van der Waals surface area (Å²) in [5.41, 5.74) is 3.65. The Morgan fingerprint density at radius 3 is 2.58 bits per heavy atom. The van der Waals surface area contributed by atoms with Gasteiger partial charge in [-0.2, -0.15) is 5.26 Å². The zero-order chi connectivity index (χ0) is 19.1. The van der Waals surface area contributed by atoms with Gasteiger partial charge in [-0.05, 0) is 43.7 Å². The molecule has 2 rings (SSSR count). The number of aromatic nitrogens is 1. The highest BCUT2D eigenvalue weighted by Crippen LogP contribution is 2.16. The second-order valence-electron chi connectivity index (χ2n) is 5.78. The third-order valence-electron chi connectivity index (χ3n) is 3.98. The van der Waals surface area contributed by atoms with E-state index in [9.17, 15) is 9.59 Å². The first-order valence-electron chi connectivity index (χ1n) is 8.12. The summed E-state index contributed by atoms with van der Waals surface area (Å²) in [5, 5.41) is 8.75. The second-order valence-corrected chi connectivity index (χ2v) is 5.78. The molecule has 0 amide bonds. The van der Waals surface area contributed by atoms with Crippen LogP contribution < -0.4 is 0 Å². The molecule has 132 valence electrons. The summed E-state index contributed by atoms with van der Waals surface area (Å²) in [6, 6.07) is 10.6. The zero-order valence-electron chi connectivity index (χ0n) is 14.9. The molecule has 0 spiro atoms. The molecule has 0 N–H and O–H groups in total. The molecule has 0 unspecified atom stereocenters. The molecule has 0 bridgehead atoms. The van der Waals surface area contributed by atoms with Crippen LogP contribution in [0.25, 0.3) is 6.08 Å². The normalized spacial score (nSPS) is 10.5. The van der Waals surface area contributed by atoms with Crippen molar-refractivity contribution in [3.63, 3.8) is 0 Å². The van der Waals surface area contributed by atoms with E-state index in [1.54, 1.807) is 42.5 Å². The number of Topliss-reactive ketones (excluding diaryl/α,β-unsaturated/α-hetero) is 1. The lowest BCUT2D eigenvalue weighted by atomic mass is 10.1. The van der Waals surface area contributed by atoms with Crippen LogP contribution in [-0.2, 0) is 16.1 Å². The predicted molar refractivity (Wildman–Crippen MR) is 99.6 cm³/mol. The number of nitrogens with zero attached hydrogens (tertiary/aromatic N) is 2. The number of hydrogen-bond acceptors (Lipinski definition) is 4. The number of allylic oxidation sites excluding steroid dienone is 1. The first kappa shape index (κ1) is 18.9. The number of carbonyl (C=O) groups excluding carboxylic acids is 2. The van der Waals surface area contributed by atoms with E-state index in [1.807, 2.05) is 24.5 Å². The molecule has 2 aromatic rings. The summed E-state index contributed by atoms with van der Waals surface area (Å²) in [7, 11) is 0. The first-order valence-corrected chi connectivity index (χ1v) is 8.12. The third-order valence-corrected chi connectivity index (χ3v) is 3.98. The Bertz CT molecular complexity index is 897. The number of rotatable bonds is 7. The third kappa shape index (κ3) is 4.58. The van der Waals surface area contributed by atoms with Crippen LogP contribution in [0.4, 0.5) is 0 Å². The number of benzene rings is 1. The van der Waals surface area contributed by atoms with Gasteiger partial charge in [0.1, 0.15) is 0 Å². The minimum absolute atomic E-state index is 0.242. The molecule has 0 atom stereocenters. The number of hydrogen-bond donors (Lipinski definition) is 0. The maximum absolute atomic E-state index is 12.3. The number of ketones is 1. The Kier molecular flexibility index (Phi) is 6.29. The fourth-order valence-electron chi connectivity index (χ4n) is 2.59. The Morgan fingerprint density at radius 2 is 1.96 bits per heavy atom. The van der Waals surface area contributed by atoms with E-state index in [2.05, 4.69) is 6.58 Å². The first-order chi connectivity index (χ1) is 12.5. The monoisotopic (exact) mass is 348 g/mol. The smallest absolute Gasteiger partial charge is 0.331 e. The van der Waals surface area contributed by atoms with E-state index >= 15 is 0 Å². The lowest BCUT2D eigenvalue weighted by Gasteiger charge is -2.06. The Labute approximate surface area is 152 Å². The molecule has 0 saturated heterocycles. The molecular weight excluding hydrogens is 328 g/mol. The lowest BCUT2D eigenvalue weighted by molar-refractivity contribution is -0.136. The highest BCUT2D eigenvalue weighted by molar-refractivity contribution is 6.00. The van der Waals surface area contributed by atoms with Crippen molar-refractivity contribution in [1.29, 1.82) is 5.26 Å². The van der Waals surface area contributed by atoms with Gasteiger partial charge in [-0.15, -0.1) is 6.58 Å². The summed E-state index contributed by atoms with van der Waals surface area (Å²) in [6.07, 6.45) is 4.60. The van der Waals surface area contributed by atoms with Crippen LogP contribution in [0.1, 0.15) is 32.9 Å². The van der Waals surface area contributed by atoms with Gasteiger partial charge in [0.25, 0.3) is 0 Å². The van der Waals surface area contributed by atoms with E-state index in [0.29, 0.717) is 17.7 Å². The molecule has 1 aromatic heterocycles. The summed E-state index contributed by atoms with van der Waals surface area (Å²) in [6.45, 7) is 7.79. The molecular formula is C21H20N2O3. The molecule has 5 nitrogen and oxygen atoms in total. The maximum Gasteiger partial charge on any atom is 0.331 e. The molecule has 0 saturated carbocycles. The largest absolute Gasteiger partial charge is 0.454 e. The molecule has 0 aliphatic rings. The van der Waals surface area contributed by atoms with Gasteiger partial charge in [0.15, 0.2) is 6.61 Å². The predicted octanol–water partition coefficient (Wildman–Crippen LogP) is 3.60. The van der Waals surface area contributed by atoms with E-state index in [0.717, 1.165) is 17.0 Å². The highest BCUT2D eigenvalue weighted by Gasteiger charge is 2.16. The summed E-state index contributed by atoms with van der Waals surface area (Å²) in [5.74, 6) is -0.837. The summed E-state index contributed by atoms with van der Waals surface area (Å²) < 4.78 is 7.01. The Hall–Kier alpha value is -3.39. The van der Waals surface area contributed by atoms with Crippen molar-refractivity contribution in [2.75, 3.05) is 6.61 Å². The lowest BCUT2D eigenvalue weighted by Crippen LogP contribution is -2.13. The Morgan fingerprint density at radius 1 is 1.27 bits per heavy atom. The van der Waals surface area contributed by atoms with Crippen LogP contribution in [0.5, 0.6) is 0 Å². The van der Waals surface area contributed by atoms with Crippen LogP contribution >= 0.6 is 0 Å². The fourth-order valence-corrected chi connectivity index (χ4v) is 2.59. The molecule has 5 heteroatoms. The molecule has 1 aromatic carbocycles. The van der Waals surface area contributed by atoms with Crippen molar-refractivity contribution in [1.82, 2.24) is 4.57 Å². The molecule has 0 aliphatic carbocycles. The standard InChI is InChI=1S/C21H20N2O3/c1-4-11-23-15(2)12-19(16(23)3)20(24)14-26-21(25)10-9-17-5-7-18(13-22)8-6-17/h4-10,12H,1,11,14H2,2-3H3/b10-9+. The number of esters is 1. The minimum Gasteiger partial charge on any atom is -0.454 e. The van der Waals surface area contributed by atoms with Gasteiger partial charge in [-0.25, -0.2) is 4.79 Å². The average molecular weight is 348 g/mol. The van der Waals surface area contributed by atoms with Crippen molar-refractivity contribution < 1.29 is 14.3 Å². The van der Waals surface area contributed by atoms with E-state index < -0.39 is 5.97 Å². The SMILES string of the molecule is C=CCn1c(C)cc(C(=O)COC(=O)/C=C/c2ccc(C#N)cc2)c1C.